The molecule has 0 amide bonds. The molecule has 2 aromatic heterocycles. The summed E-state index contributed by atoms with van der Waals surface area (Å²) in [4.78, 5) is 14.4. The number of nitrogens with zero attached hydrogens (tertiary/aromatic N) is 4. The van der Waals surface area contributed by atoms with Gasteiger partial charge in [0.25, 0.3) is 0 Å². The number of ether oxygens (including phenoxy) is 1. The summed E-state index contributed by atoms with van der Waals surface area (Å²) >= 11 is 6.09. The van der Waals surface area contributed by atoms with Gasteiger partial charge in [-0.25, -0.2) is 15.0 Å². The lowest BCUT2D eigenvalue weighted by molar-refractivity contribution is 0.415. The first kappa shape index (κ1) is 16.7. The SMILES string of the molecule is COc1ccc(-c2nc3nc4ccccc4nc3n2-c2ccc(Cl)cc2)cc1. The standard InChI is InChI=1S/C22H15ClN4O/c1-28-17-12-6-14(7-13-17)21-26-20-22(25-19-5-3-2-4-18(19)24-20)27(21)16-10-8-15(23)9-11-16/h2-13H,1H3. The number of imidazole rings is 1. The van der Waals surface area contributed by atoms with Crippen molar-refractivity contribution in [1.82, 2.24) is 19.5 Å². The van der Waals surface area contributed by atoms with Crippen LogP contribution in [0, 0.1) is 0 Å². The van der Waals surface area contributed by atoms with E-state index in [0.717, 1.165) is 33.9 Å². The normalized spacial score (nSPS) is 11.2. The first-order valence-electron chi connectivity index (χ1n) is 8.78. The molecule has 0 saturated carbocycles. The van der Waals surface area contributed by atoms with Crippen molar-refractivity contribution in [1.29, 1.82) is 0 Å². The van der Waals surface area contributed by atoms with Crippen molar-refractivity contribution in [3.63, 3.8) is 0 Å². The van der Waals surface area contributed by atoms with E-state index in [-0.39, 0.29) is 0 Å². The molecule has 0 aliphatic heterocycles. The number of hydrogen-bond acceptors (Lipinski definition) is 4. The van der Waals surface area contributed by atoms with Gasteiger partial charge in [0.2, 0.25) is 0 Å². The molecule has 0 N–H and O–H groups in total. The van der Waals surface area contributed by atoms with Crippen LogP contribution in [-0.4, -0.2) is 26.6 Å². The fraction of sp³-hybridized carbons (Fsp3) is 0.0455. The number of halogens is 1. The van der Waals surface area contributed by atoms with Gasteiger partial charge in [0.15, 0.2) is 11.3 Å². The van der Waals surface area contributed by atoms with Crippen molar-refractivity contribution < 1.29 is 4.74 Å². The molecule has 5 rings (SSSR count). The van der Waals surface area contributed by atoms with Crippen molar-refractivity contribution in [3.05, 3.63) is 77.8 Å². The molecule has 0 fully saturated rings. The van der Waals surface area contributed by atoms with Crippen molar-refractivity contribution >= 4 is 33.9 Å². The van der Waals surface area contributed by atoms with Gasteiger partial charge in [-0.15, -0.1) is 0 Å². The summed E-state index contributed by atoms with van der Waals surface area (Å²) < 4.78 is 7.28. The maximum Gasteiger partial charge on any atom is 0.199 e. The maximum absolute atomic E-state index is 6.09. The largest absolute Gasteiger partial charge is 0.497 e. The fourth-order valence-electron chi connectivity index (χ4n) is 3.23. The van der Waals surface area contributed by atoms with Crippen LogP contribution in [0.15, 0.2) is 72.8 Å². The molecular weight excluding hydrogens is 372 g/mol. The molecule has 5 nitrogen and oxygen atoms in total. The summed E-state index contributed by atoms with van der Waals surface area (Å²) in [6.07, 6.45) is 0. The van der Waals surface area contributed by atoms with E-state index in [2.05, 4.69) is 0 Å². The minimum absolute atomic E-state index is 0.597. The van der Waals surface area contributed by atoms with Crippen molar-refractivity contribution in [2.45, 2.75) is 0 Å². The Hall–Kier alpha value is -3.44. The molecule has 0 saturated heterocycles. The smallest absolute Gasteiger partial charge is 0.199 e. The van der Waals surface area contributed by atoms with Gasteiger partial charge in [0.1, 0.15) is 11.6 Å². The second-order valence-electron chi connectivity index (χ2n) is 6.34. The molecule has 0 radical (unpaired) electrons. The monoisotopic (exact) mass is 386 g/mol. The Morgan fingerprint density at radius 1 is 0.786 bits per heavy atom. The zero-order valence-corrected chi connectivity index (χ0v) is 15.8. The quantitative estimate of drug-likeness (QED) is 0.422. The first-order chi connectivity index (χ1) is 13.7. The Morgan fingerprint density at radius 3 is 2.14 bits per heavy atom. The van der Waals surface area contributed by atoms with Crippen LogP contribution in [0.3, 0.4) is 0 Å². The van der Waals surface area contributed by atoms with E-state index in [1.165, 1.54) is 0 Å². The highest BCUT2D eigenvalue weighted by Gasteiger charge is 2.17. The Kier molecular flexibility index (Phi) is 3.95. The van der Waals surface area contributed by atoms with E-state index in [1.54, 1.807) is 7.11 Å². The average Bonchev–Trinajstić information content (AvgIpc) is 3.11. The van der Waals surface area contributed by atoms with Gasteiger partial charge in [-0.2, -0.15) is 0 Å². The van der Waals surface area contributed by atoms with Crippen LogP contribution in [0.5, 0.6) is 5.75 Å². The Balaban J connectivity index is 1.82. The molecule has 0 unspecified atom stereocenters. The van der Waals surface area contributed by atoms with E-state index in [0.29, 0.717) is 16.3 Å². The van der Waals surface area contributed by atoms with Gasteiger partial charge >= 0.3 is 0 Å². The van der Waals surface area contributed by atoms with Crippen LogP contribution in [-0.2, 0) is 0 Å². The Morgan fingerprint density at radius 2 is 1.46 bits per heavy atom. The van der Waals surface area contributed by atoms with Crippen molar-refractivity contribution in [2.24, 2.45) is 0 Å². The van der Waals surface area contributed by atoms with Gasteiger partial charge < -0.3 is 4.74 Å². The number of methoxy groups -OCH3 is 1. The van der Waals surface area contributed by atoms with Gasteiger partial charge in [0.05, 0.1) is 18.1 Å². The predicted molar refractivity (Wildman–Crippen MR) is 111 cm³/mol. The third-order valence-corrected chi connectivity index (χ3v) is 4.85. The molecule has 0 atom stereocenters. The van der Waals surface area contributed by atoms with E-state index in [1.807, 2.05) is 77.4 Å². The summed E-state index contributed by atoms with van der Waals surface area (Å²) in [6.45, 7) is 0. The molecule has 28 heavy (non-hydrogen) atoms. The lowest BCUT2D eigenvalue weighted by Gasteiger charge is -2.09. The predicted octanol–water partition coefficient (Wildman–Crippen LogP) is 5.30. The van der Waals surface area contributed by atoms with Crippen molar-refractivity contribution in [2.75, 3.05) is 7.11 Å². The molecule has 0 aliphatic carbocycles. The highest BCUT2D eigenvalue weighted by atomic mass is 35.5. The summed E-state index contributed by atoms with van der Waals surface area (Å²) in [5, 5.41) is 0.677. The van der Waals surface area contributed by atoms with E-state index in [9.17, 15) is 0 Å². The van der Waals surface area contributed by atoms with Crippen LogP contribution in [0.4, 0.5) is 0 Å². The molecule has 136 valence electrons. The number of hydrogen-bond donors (Lipinski definition) is 0. The molecule has 5 aromatic rings. The summed E-state index contributed by atoms with van der Waals surface area (Å²) in [6, 6.07) is 23.2. The molecule has 3 aromatic carbocycles. The topological polar surface area (TPSA) is 52.8 Å². The van der Waals surface area contributed by atoms with E-state index in [4.69, 9.17) is 31.3 Å². The number of fused-ring (bicyclic) bond motifs is 2. The number of rotatable bonds is 3. The van der Waals surface area contributed by atoms with Gasteiger partial charge in [0, 0.05) is 16.3 Å². The average molecular weight is 387 g/mol. The lowest BCUT2D eigenvalue weighted by atomic mass is 10.2. The molecule has 6 heteroatoms. The minimum atomic E-state index is 0.597. The van der Waals surface area contributed by atoms with E-state index < -0.39 is 0 Å². The molecule has 0 aliphatic rings. The van der Waals surface area contributed by atoms with Crippen LogP contribution >= 0.6 is 11.6 Å². The molecular formula is C22H15ClN4O. The summed E-state index contributed by atoms with van der Waals surface area (Å²) in [5.74, 6) is 1.55. The Labute approximate surface area is 166 Å². The summed E-state index contributed by atoms with van der Waals surface area (Å²) in [7, 11) is 1.65. The number of para-hydroxylation sites is 2. The number of benzene rings is 3. The third kappa shape index (κ3) is 2.77. The highest BCUT2D eigenvalue weighted by molar-refractivity contribution is 6.30. The second kappa shape index (κ2) is 6.62. The van der Waals surface area contributed by atoms with Crippen molar-refractivity contribution in [3.8, 4) is 22.8 Å². The fourth-order valence-corrected chi connectivity index (χ4v) is 3.35. The number of aromatic nitrogens is 4. The molecule has 2 heterocycles. The third-order valence-electron chi connectivity index (χ3n) is 4.60. The van der Waals surface area contributed by atoms with Gasteiger partial charge in [-0.05, 0) is 60.7 Å². The maximum atomic E-state index is 6.09. The van der Waals surface area contributed by atoms with Crippen LogP contribution < -0.4 is 4.74 Å². The van der Waals surface area contributed by atoms with E-state index >= 15 is 0 Å². The van der Waals surface area contributed by atoms with Crippen LogP contribution in [0.25, 0.3) is 39.4 Å². The summed E-state index contributed by atoms with van der Waals surface area (Å²) in [5.41, 5.74) is 4.80. The second-order valence-corrected chi connectivity index (χ2v) is 6.77. The lowest BCUT2D eigenvalue weighted by Crippen LogP contribution is -1.99. The van der Waals surface area contributed by atoms with Gasteiger partial charge in [-0.1, -0.05) is 23.7 Å². The van der Waals surface area contributed by atoms with Gasteiger partial charge in [-0.3, -0.25) is 4.57 Å². The molecule has 0 bridgehead atoms. The zero-order chi connectivity index (χ0) is 19.1. The van der Waals surface area contributed by atoms with Crippen LogP contribution in [0.1, 0.15) is 0 Å². The Bertz CT molecular complexity index is 1290. The minimum Gasteiger partial charge on any atom is -0.497 e. The first-order valence-corrected chi connectivity index (χ1v) is 9.16. The highest BCUT2D eigenvalue weighted by Crippen LogP contribution is 2.29. The van der Waals surface area contributed by atoms with Crippen LogP contribution in [0.2, 0.25) is 5.02 Å². The molecule has 0 spiro atoms. The zero-order valence-electron chi connectivity index (χ0n) is 15.0.